The summed E-state index contributed by atoms with van der Waals surface area (Å²) in [5, 5.41) is 0. The summed E-state index contributed by atoms with van der Waals surface area (Å²) < 4.78 is 12.1. The average molecular weight is 147 g/mol. The Kier molecular flexibility index (Phi) is 5.60. The van der Waals surface area contributed by atoms with Crippen molar-refractivity contribution in [1.29, 1.82) is 0 Å². The third-order valence-corrected chi connectivity index (χ3v) is 1.60. The van der Waals surface area contributed by atoms with E-state index in [9.17, 15) is 4.39 Å². The third-order valence-electron chi connectivity index (χ3n) is 1.60. The van der Waals surface area contributed by atoms with Crippen molar-refractivity contribution in [1.82, 2.24) is 0 Å². The van der Waals surface area contributed by atoms with E-state index in [0.717, 1.165) is 12.8 Å². The Labute approximate surface area is 62.8 Å². The summed E-state index contributed by atoms with van der Waals surface area (Å²) in [6.07, 6.45) is 1.79. The van der Waals surface area contributed by atoms with Gasteiger partial charge in [-0.1, -0.05) is 13.8 Å². The van der Waals surface area contributed by atoms with Gasteiger partial charge >= 0.3 is 0 Å². The Morgan fingerprint density at radius 3 is 2.30 bits per heavy atom. The number of nitrogens with two attached hydrogens (primary N) is 1. The summed E-state index contributed by atoms with van der Waals surface area (Å²) >= 11 is 0. The van der Waals surface area contributed by atoms with Crippen LogP contribution in [0.1, 0.15) is 26.7 Å². The summed E-state index contributed by atoms with van der Waals surface area (Å²) in [5.41, 5.74) is 5.31. The first-order chi connectivity index (χ1) is 4.70. The molecule has 0 aromatic heterocycles. The molecule has 0 aromatic rings. The maximum atomic E-state index is 12.1. The molecule has 0 radical (unpaired) electrons. The Bertz CT molecular complexity index is 73.7. The van der Waals surface area contributed by atoms with E-state index in [1.807, 2.05) is 0 Å². The molecule has 0 aromatic carbocycles. The smallest absolute Gasteiger partial charge is 0.0923 e. The van der Waals surface area contributed by atoms with Crippen LogP contribution >= 0.6 is 0 Å². The van der Waals surface area contributed by atoms with E-state index >= 15 is 0 Å². The lowest BCUT2D eigenvalue weighted by atomic mass is 9.95. The summed E-state index contributed by atoms with van der Waals surface area (Å²) in [6, 6.07) is 0. The standard InChI is InChI=1S/C8H18FN/c1-7(2)5-8(6-9)3-4-10/h7-8H,3-6,10H2,1-2H3. The number of rotatable bonds is 5. The highest BCUT2D eigenvalue weighted by atomic mass is 19.1. The van der Waals surface area contributed by atoms with Gasteiger partial charge in [0.25, 0.3) is 0 Å². The van der Waals surface area contributed by atoms with Crippen LogP contribution in [0.15, 0.2) is 0 Å². The summed E-state index contributed by atoms with van der Waals surface area (Å²) in [5.74, 6) is 0.789. The average Bonchev–Trinajstić information content (AvgIpc) is 1.86. The molecular formula is C8H18FN. The van der Waals surface area contributed by atoms with Crippen LogP contribution in [0.4, 0.5) is 4.39 Å². The molecule has 1 atom stereocenters. The molecule has 1 unspecified atom stereocenters. The van der Waals surface area contributed by atoms with Crippen molar-refractivity contribution in [2.24, 2.45) is 17.6 Å². The van der Waals surface area contributed by atoms with Gasteiger partial charge < -0.3 is 5.73 Å². The molecule has 62 valence electrons. The lowest BCUT2D eigenvalue weighted by Gasteiger charge is -2.13. The number of hydrogen-bond acceptors (Lipinski definition) is 1. The molecule has 2 heteroatoms. The highest BCUT2D eigenvalue weighted by Crippen LogP contribution is 2.14. The quantitative estimate of drug-likeness (QED) is 0.632. The van der Waals surface area contributed by atoms with Crippen molar-refractivity contribution in [3.8, 4) is 0 Å². The van der Waals surface area contributed by atoms with Crippen LogP contribution < -0.4 is 5.73 Å². The van der Waals surface area contributed by atoms with Crippen molar-refractivity contribution in [3.63, 3.8) is 0 Å². The molecule has 0 saturated carbocycles. The maximum absolute atomic E-state index is 12.1. The predicted octanol–water partition coefficient (Wildman–Crippen LogP) is 1.97. The van der Waals surface area contributed by atoms with Crippen molar-refractivity contribution >= 4 is 0 Å². The first-order valence-electron chi connectivity index (χ1n) is 3.96. The number of alkyl halides is 1. The monoisotopic (exact) mass is 147 g/mol. The second-order valence-electron chi connectivity index (χ2n) is 3.23. The van der Waals surface area contributed by atoms with Crippen LogP contribution in [0.3, 0.4) is 0 Å². The second kappa shape index (κ2) is 5.66. The number of halogens is 1. The molecule has 0 saturated heterocycles. The van der Waals surface area contributed by atoms with Crippen LogP contribution in [-0.4, -0.2) is 13.2 Å². The highest BCUT2D eigenvalue weighted by molar-refractivity contribution is 4.60. The van der Waals surface area contributed by atoms with Gasteiger partial charge in [0, 0.05) is 0 Å². The Morgan fingerprint density at radius 1 is 1.40 bits per heavy atom. The lowest BCUT2D eigenvalue weighted by Crippen LogP contribution is -2.12. The minimum Gasteiger partial charge on any atom is -0.330 e. The van der Waals surface area contributed by atoms with E-state index in [0.29, 0.717) is 12.5 Å². The van der Waals surface area contributed by atoms with Gasteiger partial charge in [0.05, 0.1) is 6.67 Å². The molecule has 0 aliphatic rings. The number of hydrogen-bond donors (Lipinski definition) is 1. The molecule has 0 rings (SSSR count). The fourth-order valence-corrected chi connectivity index (χ4v) is 1.16. The molecule has 0 bridgehead atoms. The van der Waals surface area contributed by atoms with Gasteiger partial charge in [-0.3, -0.25) is 4.39 Å². The molecular weight excluding hydrogens is 129 g/mol. The lowest BCUT2D eigenvalue weighted by molar-refractivity contribution is 0.300. The van der Waals surface area contributed by atoms with Crippen molar-refractivity contribution < 1.29 is 4.39 Å². The van der Waals surface area contributed by atoms with Crippen LogP contribution in [0.2, 0.25) is 0 Å². The molecule has 1 nitrogen and oxygen atoms in total. The van der Waals surface area contributed by atoms with Crippen LogP contribution in [0.25, 0.3) is 0 Å². The van der Waals surface area contributed by atoms with Gasteiger partial charge in [0.2, 0.25) is 0 Å². The molecule has 0 amide bonds. The second-order valence-corrected chi connectivity index (χ2v) is 3.23. The minimum atomic E-state index is -0.213. The highest BCUT2D eigenvalue weighted by Gasteiger charge is 2.08. The zero-order chi connectivity index (χ0) is 7.98. The molecule has 0 aliphatic heterocycles. The van der Waals surface area contributed by atoms with E-state index in [2.05, 4.69) is 13.8 Å². The van der Waals surface area contributed by atoms with Crippen molar-refractivity contribution in [3.05, 3.63) is 0 Å². The molecule has 2 N–H and O–H groups in total. The minimum absolute atomic E-state index is 0.199. The fraction of sp³-hybridized carbons (Fsp3) is 1.00. The van der Waals surface area contributed by atoms with Gasteiger partial charge in [-0.2, -0.15) is 0 Å². The van der Waals surface area contributed by atoms with E-state index in [-0.39, 0.29) is 12.6 Å². The van der Waals surface area contributed by atoms with Crippen molar-refractivity contribution in [2.75, 3.05) is 13.2 Å². The van der Waals surface area contributed by atoms with E-state index in [4.69, 9.17) is 5.73 Å². The Hall–Kier alpha value is -0.110. The molecule has 0 fully saturated rings. The van der Waals surface area contributed by atoms with Crippen molar-refractivity contribution in [2.45, 2.75) is 26.7 Å². The van der Waals surface area contributed by atoms with Gasteiger partial charge in [-0.25, -0.2) is 0 Å². The molecule has 10 heavy (non-hydrogen) atoms. The Morgan fingerprint density at radius 2 is 2.00 bits per heavy atom. The van der Waals surface area contributed by atoms with Gasteiger partial charge in [-0.05, 0) is 31.2 Å². The normalized spacial score (nSPS) is 14.1. The van der Waals surface area contributed by atoms with Crippen LogP contribution in [-0.2, 0) is 0 Å². The molecule has 0 aliphatic carbocycles. The zero-order valence-electron chi connectivity index (χ0n) is 6.94. The van der Waals surface area contributed by atoms with E-state index in [1.165, 1.54) is 0 Å². The predicted molar refractivity (Wildman–Crippen MR) is 42.6 cm³/mol. The largest absolute Gasteiger partial charge is 0.330 e. The summed E-state index contributed by atoms with van der Waals surface area (Å²) in [6.45, 7) is 4.62. The van der Waals surface area contributed by atoms with Gasteiger partial charge in [0.15, 0.2) is 0 Å². The topological polar surface area (TPSA) is 26.0 Å². The third kappa shape index (κ3) is 4.74. The molecule has 0 spiro atoms. The van der Waals surface area contributed by atoms with Gasteiger partial charge in [-0.15, -0.1) is 0 Å². The van der Waals surface area contributed by atoms with Crippen LogP contribution in [0, 0.1) is 11.8 Å². The first-order valence-corrected chi connectivity index (χ1v) is 3.96. The summed E-state index contributed by atoms with van der Waals surface area (Å²) in [7, 11) is 0. The maximum Gasteiger partial charge on any atom is 0.0923 e. The van der Waals surface area contributed by atoms with Gasteiger partial charge in [0.1, 0.15) is 0 Å². The summed E-state index contributed by atoms with van der Waals surface area (Å²) in [4.78, 5) is 0. The zero-order valence-corrected chi connectivity index (χ0v) is 6.94. The molecule has 0 heterocycles. The van der Waals surface area contributed by atoms with E-state index < -0.39 is 0 Å². The SMILES string of the molecule is CC(C)CC(CF)CCN. The van der Waals surface area contributed by atoms with E-state index in [1.54, 1.807) is 0 Å². The Balaban J connectivity index is 3.39. The first kappa shape index (κ1) is 9.89. The van der Waals surface area contributed by atoms with Crippen LogP contribution in [0.5, 0.6) is 0 Å². The fourth-order valence-electron chi connectivity index (χ4n) is 1.16.